The minimum atomic E-state index is -0.106. The zero-order chi connectivity index (χ0) is 19.8. The van der Waals surface area contributed by atoms with E-state index in [4.69, 9.17) is 14.0 Å². The van der Waals surface area contributed by atoms with E-state index in [0.717, 1.165) is 28.6 Å². The monoisotopic (exact) mass is 393 g/mol. The summed E-state index contributed by atoms with van der Waals surface area (Å²) in [4.78, 5) is 16.4. The highest BCUT2D eigenvalue weighted by molar-refractivity contribution is 5.92. The van der Waals surface area contributed by atoms with Gasteiger partial charge in [0.05, 0.1) is 5.69 Å². The van der Waals surface area contributed by atoms with Crippen LogP contribution in [0.25, 0.3) is 11.3 Å². The average Bonchev–Trinajstić information content (AvgIpc) is 3.42. The number of amides is 1. The Hall–Kier alpha value is -3.62. The molecule has 9 nitrogen and oxygen atoms in total. The first-order valence-corrected chi connectivity index (χ1v) is 9.39. The maximum Gasteiger partial charge on any atom is 0.276 e. The second-order valence-electron chi connectivity index (χ2n) is 6.95. The van der Waals surface area contributed by atoms with Crippen molar-refractivity contribution in [2.45, 2.75) is 6.92 Å². The first-order valence-electron chi connectivity index (χ1n) is 9.39. The van der Waals surface area contributed by atoms with Crippen molar-refractivity contribution < 1.29 is 18.8 Å². The summed E-state index contributed by atoms with van der Waals surface area (Å²) >= 11 is 0. The van der Waals surface area contributed by atoms with Gasteiger partial charge in [-0.3, -0.25) is 4.79 Å². The minimum absolute atomic E-state index is 0.106. The molecule has 2 aromatic heterocycles. The van der Waals surface area contributed by atoms with Crippen molar-refractivity contribution in [3.05, 3.63) is 47.9 Å². The first kappa shape index (κ1) is 17.5. The van der Waals surface area contributed by atoms with Crippen LogP contribution in [0.4, 0.5) is 5.82 Å². The number of fused-ring (bicyclic) bond motifs is 1. The highest BCUT2D eigenvalue weighted by Crippen LogP contribution is 2.35. The Balaban J connectivity index is 1.24. The van der Waals surface area contributed by atoms with Crippen molar-refractivity contribution >= 4 is 11.7 Å². The molecule has 1 saturated heterocycles. The summed E-state index contributed by atoms with van der Waals surface area (Å²) in [7, 11) is 0. The fourth-order valence-electron chi connectivity index (χ4n) is 3.47. The van der Waals surface area contributed by atoms with Gasteiger partial charge >= 0.3 is 0 Å². The smallest absolute Gasteiger partial charge is 0.276 e. The zero-order valence-electron chi connectivity index (χ0n) is 15.9. The molecule has 9 heteroatoms. The fourth-order valence-corrected chi connectivity index (χ4v) is 3.47. The van der Waals surface area contributed by atoms with Gasteiger partial charge in [-0.15, -0.1) is 10.2 Å². The minimum Gasteiger partial charge on any atom is -0.454 e. The Morgan fingerprint density at radius 1 is 0.966 bits per heavy atom. The topological polar surface area (TPSA) is 93.8 Å². The second kappa shape index (κ2) is 7.08. The number of hydrogen-bond acceptors (Lipinski definition) is 8. The van der Waals surface area contributed by atoms with Crippen molar-refractivity contribution in [1.29, 1.82) is 0 Å². The molecular formula is C20H19N5O4. The summed E-state index contributed by atoms with van der Waals surface area (Å²) in [6.45, 7) is 4.57. The molecule has 1 amide bonds. The summed E-state index contributed by atoms with van der Waals surface area (Å²) in [6.07, 6.45) is 0. The Morgan fingerprint density at radius 2 is 1.79 bits per heavy atom. The standard InChI is InChI=1S/C20H19N5O4/c1-13-10-16(23-29-13)20(26)25-8-6-24(7-9-25)19-5-3-15(21-22-19)14-2-4-17-18(11-14)28-12-27-17/h2-5,10-11H,6-9,12H2,1H3. The number of carbonyl (C=O) groups is 1. The molecule has 1 aromatic carbocycles. The zero-order valence-corrected chi connectivity index (χ0v) is 15.9. The molecule has 2 aliphatic rings. The quantitative estimate of drug-likeness (QED) is 0.668. The number of ether oxygens (including phenoxy) is 2. The second-order valence-corrected chi connectivity index (χ2v) is 6.95. The van der Waals surface area contributed by atoms with E-state index in [1.165, 1.54) is 0 Å². The summed E-state index contributed by atoms with van der Waals surface area (Å²) in [5, 5.41) is 12.5. The Kier molecular flexibility index (Phi) is 4.27. The average molecular weight is 393 g/mol. The Morgan fingerprint density at radius 3 is 2.52 bits per heavy atom. The van der Waals surface area contributed by atoms with E-state index >= 15 is 0 Å². The maximum atomic E-state index is 12.5. The van der Waals surface area contributed by atoms with E-state index in [0.29, 0.717) is 37.6 Å². The van der Waals surface area contributed by atoms with Gasteiger partial charge in [0.1, 0.15) is 5.76 Å². The predicted molar refractivity (Wildman–Crippen MR) is 103 cm³/mol. The molecule has 5 rings (SSSR count). The lowest BCUT2D eigenvalue weighted by Gasteiger charge is -2.34. The van der Waals surface area contributed by atoms with Gasteiger partial charge in [-0.25, -0.2) is 0 Å². The third kappa shape index (κ3) is 3.35. The SMILES string of the molecule is Cc1cc(C(=O)N2CCN(c3ccc(-c4ccc5c(c4)OCO5)nn3)CC2)no1. The number of piperazine rings is 1. The molecule has 4 heterocycles. The van der Waals surface area contributed by atoms with Gasteiger partial charge in [0.2, 0.25) is 6.79 Å². The van der Waals surface area contributed by atoms with Gasteiger partial charge in [-0.05, 0) is 37.3 Å². The van der Waals surface area contributed by atoms with Crippen molar-refractivity contribution in [2.24, 2.45) is 0 Å². The van der Waals surface area contributed by atoms with Gasteiger partial charge in [0.25, 0.3) is 5.91 Å². The lowest BCUT2D eigenvalue weighted by molar-refractivity contribution is 0.0736. The normalized spacial score (nSPS) is 15.6. The van der Waals surface area contributed by atoms with Gasteiger partial charge in [0, 0.05) is 37.8 Å². The van der Waals surface area contributed by atoms with E-state index in [2.05, 4.69) is 20.3 Å². The van der Waals surface area contributed by atoms with Gasteiger partial charge in [0.15, 0.2) is 23.0 Å². The Bertz CT molecular complexity index is 1040. The molecular weight excluding hydrogens is 374 g/mol. The van der Waals surface area contributed by atoms with Crippen molar-refractivity contribution in [3.63, 3.8) is 0 Å². The van der Waals surface area contributed by atoms with E-state index in [1.54, 1.807) is 17.9 Å². The lowest BCUT2D eigenvalue weighted by atomic mass is 10.1. The number of carbonyl (C=O) groups excluding carboxylic acids is 1. The molecule has 0 N–H and O–H groups in total. The summed E-state index contributed by atoms with van der Waals surface area (Å²) < 4.78 is 15.8. The first-order chi connectivity index (χ1) is 14.2. The van der Waals surface area contributed by atoms with E-state index in [9.17, 15) is 4.79 Å². The molecule has 29 heavy (non-hydrogen) atoms. The van der Waals surface area contributed by atoms with Crippen LogP contribution >= 0.6 is 0 Å². The molecule has 0 unspecified atom stereocenters. The third-order valence-electron chi connectivity index (χ3n) is 5.06. The molecule has 1 fully saturated rings. The van der Waals surface area contributed by atoms with E-state index < -0.39 is 0 Å². The predicted octanol–water partition coefficient (Wildman–Crippen LogP) is 2.13. The van der Waals surface area contributed by atoms with Crippen LogP contribution in [0.5, 0.6) is 11.5 Å². The van der Waals surface area contributed by atoms with Crippen molar-refractivity contribution in [2.75, 3.05) is 37.9 Å². The van der Waals surface area contributed by atoms with Crippen LogP contribution in [0, 0.1) is 6.92 Å². The molecule has 0 atom stereocenters. The summed E-state index contributed by atoms with van der Waals surface area (Å²) in [5.74, 6) is 2.78. The van der Waals surface area contributed by atoms with Crippen LogP contribution in [-0.2, 0) is 0 Å². The van der Waals surface area contributed by atoms with Crippen LogP contribution in [0.3, 0.4) is 0 Å². The summed E-state index contributed by atoms with van der Waals surface area (Å²) in [6, 6.07) is 11.3. The van der Waals surface area contributed by atoms with Crippen LogP contribution in [-0.4, -0.2) is 59.1 Å². The Labute approximate surface area is 166 Å². The number of aromatic nitrogens is 3. The molecule has 0 spiro atoms. The van der Waals surface area contributed by atoms with Crippen LogP contribution in [0.15, 0.2) is 40.9 Å². The van der Waals surface area contributed by atoms with Gasteiger partial charge < -0.3 is 23.8 Å². The van der Waals surface area contributed by atoms with E-state index in [-0.39, 0.29) is 12.7 Å². The van der Waals surface area contributed by atoms with Crippen LogP contribution in [0.1, 0.15) is 16.2 Å². The van der Waals surface area contributed by atoms with Gasteiger partial charge in [-0.1, -0.05) is 5.16 Å². The molecule has 0 bridgehead atoms. The molecule has 148 valence electrons. The van der Waals surface area contributed by atoms with Crippen molar-refractivity contribution in [1.82, 2.24) is 20.3 Å². The van der Waals surface area contributed by atoms with Gasteiger partial charge in [-0.2, -0.15) is 0 Å². The molecule has 0 saturated carbocycles. The highest BCUT2D eigenvalue weighted by Gasteiger charge is 2.25. The number of benzene rings is 1. The number of hydrogen-bond donors (Lipinski definition) is 0. The molecule has 0 radical (unpaired) electrons. The number of aryl methyl sites for hydroxylation is 1. The maximum absolute atomic E-state index is 12.5. The number of anilines is 1. The highest BCUT2D eigenvalue weighted by atomic mass is 16.7. The summed E-state index contributed by atoms with van der Waals surface area (Å²) in [5.41, 5.74) is 2.04. The molecule has 3 aromatic rings. The number of nitrogens with zero attached hydrogens (tertiary/aromatic N) is 5. The third-order valence-corrected chi connectivity index (χ3v) is 5.06. The lowest BCUT2D eigenvalue weighted by Crippen LogP contribution is -2.49. The van der Waals surface area contributed by atoms with Crippen molar-refractivity contribution in [3.8, 4) is 22.8 Å². The van der Waals surface area contributed by atoms with Crippen LogP contribution < -0.4 is 14.4 Å². The largest absolute Gasteiger partial charge is 0.454 e. The van der Waals surface area contributed by atoms with E-state index in [1.807, 2.05) is 30.3 Å². The molecule has 0 aliphatic carbocycles. The molecule has 2 aliphatic heterocycles. The van der Waals surface area contributed by atoms with Crippen LogP contribution in [0.2, 0.25) is 0 Å². The fraction of sp³-hybridized carbons (Fsp3) is 0.300. The number of rotatable bonds is 3.